The summed E-state index contributed by atoms with van der Waals surface area (Å²) >= 11 is 0. The smallest absolute Gasteiger partial charge is 0.329 e. The number of hydrogen-bond acceptors (Lipinski definition) is 3. The van der Waals surface area contributed by atoms with Crippen LogP contribution in [0.15, 0.2) is 0 Å². The largest absolute Gasteiger partial charge is 0.334 e. The van der Waals surface area contributed by atoms with Crippen molar-refractivity contribution in [2.75, 3.05) is 7.05 Å². The second-order valence-electron chi connectivity index (χ2n) is 9.36. The van der Waals surface area contributed by atoms with E-state index in [0.717, 1.165) is 37.5 Å². The first-order valence-corrected chi connectivity index (χ1v) is 12.5. The Morgan fingerprint density at radius 3 is 2.04 bits per heavy atom. The highest BCUT2D eigenvalue weighted by Gasteiger charge is 2.48. The summed E-state index contributed by atoms with van der Waals surface area (Å²) in [5.74, 6) is 2.51. The predicted molar refractivity (Wildman–Crippen MR) is 105 cm³/mol. The van der Waals surface area contributed by atoms with Crippen LogP contribution in [0.4, 0.5) is 4.79 Å². The molecule has 0 bridgehead atoms. The fourth-order valence-corrected chi connectivity index (χ4v) is 7.63. The van der Waals surface area contributed by atoms with Crippen molar-refractivity contribution in [3.63, 3.8) is 0 Å². The molecule has 0 saturated heterocycles. The molecule has 0 radical (unpaired) electrons. The van der Waals surface area contributed by atoms with Crippen molar-refractivity contribution in [1.29, 1.82) is 0 Å². The fraction of sp³-hybridized carbons (Fsp3) is 0.950. The molecule has 0 aromatic carbocycles. The van der Waals surface area contributed by atoms with E-state index in [1.165, 1.54) is 55.7 Å². The molecular formula is C20H35N3O3S. The lowest BCUT2D eigenvalue weighted by molar-refractivity contribution is 0.106. The number of urea groups is 1. The van der Waals surface area contributed by atoms with Crippen LogP contribution in [0, 0.1) is 23.7 Å². The van der Waals surface area contributed by atoms with Crippen molar-refractivity contribution in [3.8, 4) is 0 Å². The van der Waals surface area contributed by atoms with Gasteiger partial charge in [-0.2, -0.15) is 12.7 Å². The molecule has 6 nitrogen and oxygen atoms in total. The fourth-order valence-electron chi connectivity index (χ4n) is 6.59. The Labute approximate surface area is 164 Å². The van der Waals surface area contributed by atoms with Crippen molar-refractivity contribution in [1.82, 2.24) is 14.3 Å². The van der Waals surface area contributed by atoms with Crippen molar-refractivity contribution in [2.45, 2.75) is 89.1 Å². The lowest BCUT2D eigenvalue weighted by atomic mass is 9.67. The molecule has 4 aliphatic carbocycles. The third-order valence-electron chi connectivity index (χ3n) is 7.95. The minimum Gasteiger partial charge on any atom is -0.334 e. The van der Waals surface area contributed by atoms with Gasteiger partial charge in [-0.15, -0.1) is 0 Å². The van der Waals surface area contributed by atoms with Crippen LogP contribution in [0.25, 0.3) is 0 Å². The number of amides is 2. The molecule has 0 heterocycles. The van der Waals surface area contributed by atoms with Gasteiger partial charge >= 0.3 is 16.2 Å². The molecule has 0 aromatic heterocycles. The van der Waals surface area contributed by atoms with Gasteiger partial charge in [0.05, 0.1) is 0 Å². The third kappa shape index (κ3) is 4.00. The summed E-state index contributed by atoms with van der Waals surface area (Å²) in [5, 5.41) is 3.12. The summed E-state index contributed by atoms with van der Waals surface area (Å²) in [4.78, 5) is 12.7. The normalized spacial score (nSPS) is 37.0. The van der Waals surface area contributed by atoms with Gasteiger partial charge in [-0.3, -0.25) is 0 Å². The summed E-state index contributed by atoms with van der Waals surface area (Å²) in [5.41, 5.74) is 0. The van der Waals surface area contributed by atoms with E-state index in [4.69, 9.17) is 0 Å². The first kappa shape index (κ1) is 19.5. The molecule has 4 saturated carbocycles. The number of nitrogens with zero attached hydrogens (tertiary/aromatic N) is 1. The molecule has 27 heavy (non-hydrogen) atoms. The van der Waals surface area contributed by atoms with Gasteiger partial charge in [0.25, 0.3) is 0 Å². The third-order valence-corrected chi connectivity index (χ3v) is 9.45. The van der Waals surface area contributed by atoms with Crippen LogP contribution < -0.4 is 10.0 Å². The second-order valence-corrected chi connectivity index (χ2v) is 11.1. The van der Waals surface area contributed by atoms with E-state index in [9.17, 15) is 13.2 Å². The minimum atomic E-state index is -3.78. The van der Waals surface area contributed by atoms with Crippen molar-refractivity contribution < 1.29 is 13.2 Å². The highest BCUT2D eigenvalue weighted by Crippen LogP contribution is 2.52. The van der Waals surface area contributed by atoms with Crippen LogP contribution in [0.5, 0.6) is 0 Å². The summed E-state index contributed by atoms with van der Waals surface area (Å²) < 4.78 is 29.1. The number of carbonyl (C=O) groups excluding carboxylic acids is 1. The topological polar surface area (TPSA) is 78.5 Å². The monoisotopic (exact) mass is 397 g/mol. The first-order valence-electron chi connectivity index (χ1n) is 11.0. The summed E-state index contributed by atoms with van der Waals surface area (Å²) in [6.45, 7) is 0. The zero-order chi connectivity index (χ0) is 19.0. The Morgan fingerprint density at radius 2 is 1.44 bits per heavy atom. The maximum atomic E-state index is 12.7. The van der Waals surface area contributed by atoms with Gasteiger partial charge in [0.15, 0.2) is 0 Å². The highest BCUT2D eigenvalue weighted by atomic mass is 32.2. The van der Waals surface area contributed by atoms with Gasteiger partial charge < -0.3 is 5.32 Å². The lowest BCUT2D eigenvalue weighted by Crippen LogP contribution is -2.56. The van der Waals surface area contributed by atoms with Crippen molar-refractivity contribution in [3.05, 3.63) is 0 Å². The van der Waals surface area contributed by atoms with Crippen molar-refractivity contribution >= 4 is 16.2 Å². The molecule has 0 aromatic rings. The van der Waals surface area contributed by atoms with Crippen molar-refractivity contribution in [2.24, 2.45) is 23.7 Å². The van der Waals surface area contributed by atoms with Gasteiger partial charge in [-0.05, 0) is 55.8 Å². The van der Waals surface area contributed by atoms with E-state index in [1.807, 2.05) is 0 Å². The molecule has 0 spiro atoms. The summed E-state index contributed by atoms with van der Waals surface area (Å²) in [6, 6.07) is -0.369. The van der Waals surface area contributed by atoms with Gasteiger partial charge in [0, 0.05) is 19.1 Å². The Bertz CT molecular complexity index is 627. The highest BCUT2D eigenvalue weighted by molar-refractivity contribution is 7.87. The van der Waals surface area contributed by atoms with Crippen LogP contribution >= 0.6 is 0 Å². The number of carbonyl (C=O) groups is 1. The molecule has 154 valence electrons. The lowest BCUT2D eigenvalue weighted by Gasteiger charge is -2.42. The second kappa shape index (κ2) is 7.90. The maximum Gasteiger partial charge on any atom is 0.329 e. The van der Waals surface area contributed by atoms with Crippen LogP contribution in [0.2, 0.25) is 0 Å². The Hall–Kier alpha value is -0.820. The molecule has 4 aliphatic rings. The number of fused-ring (bicyclic) bond motifs is 2. The van der Waals surface area contributed by atoms with Gasteiger partial charge in [0.1, 0.15) is 0 Å². The Balaban J connectivity index is 1.40. The van der Waals surface area contributed by atoms with E-state index in [1.54, 1.807) is 7.05 Å². The average Bonchev–Trinajstić information content (AvgIpc) is 3.30. The average molecular weight is 398 g/mol. The van der Waals surface area contributed by atoms with E-state index < -0.39 is 16.2 Å². The van der Waals surface area contributed by atoms with Crippen LogP contribution in [-0.2, 0) is 10.2 Å². The summed E-state index contributed by atoms with van der Waals surface area (Å²) in [6.07, 6.45) is 13.8. The van der Waals surface area contributed by atoms with Gasteiger partial charge in [-0.25, -0.2) is 9.52 Å². The molecule has 4 atom stereocenters. The van der Waals surface area contributed by atoms with E-state index >= 15 is 0 Å². The summed E-state index contributed by atoms with van der Waals surface area (Å²) in [7, 11) is -2.18. The predicted octanol–water partition coefficient (Wildman–Crippen LogP) is 3.40. The van der Waals surface area contributed by atoms with Gasteiger partial charge in [0.2, 0.25) is 0 Å². The van der Waals surface area contributed by atoms with Crippen LogP contribution in [0.1, 0.15) is 77.0 Å². The standard InChI is InChI=1S/C20H35N3O3S/c1-23(16-9-3-2-4-10-16)27(25,26)22-20(24)21-19-17-11-5-7-14(17)13-15-8-6-12-18(15)19/h14-19H,2-13H2,1H3,(H2,21,22,24). The zero-order valence-corrected chi connectivity index (χ0v) is 17.3. The molecule has 4 fully saturated rings. The Kier molecular flexibility index (Phi) is 5.70. The number of rotatable bonds is 4. The molecule has 0 aliphatic heterocycles. The SMILES string of the molecule is CN(C1CCCCC1)S(=O)(=O)NC(=O)NC1C2CCCC2CC2CCCC21. The maximum absolute atomic E-state index is 12.7. The quantitative estimate of drug-likeness (QED) is 0.763. The van der Waals surface area contributed by atoms with E-state index in [0.29, 0.717) is 11.8 Å². The molecule has 2 amide bonds. The molecule has 2 N–H and O–H groups in total. The van der Waals surface area contributed by atoms with Crippen LogP contribution in [-0.4, -0.2) is 37.9 Å². The molecular weight excluding hydrogens is 362 g/mol. The number of nitrogens with one attached hydrogen (secondary N) is 2. The minimum absolute atomic E-state index is 0.0113. The molecule has 4 unspecified atom stereocenters. The number of hydrogen-bond donors (Lipinski definition) is 2. The van der Waals surface area contributed by atoms with Crippen LogP contribution in [0.3, 0.4) is 0 Å². The van der Waals surface area contributed by atoms with E-state index in [2.05, 4.69) is 10.0 Å². The van der Waals surface area contributed by atoms with Gasteiger partial charge in [-0.1, -0.05) is 44.9 Å². The molecule has 7 heteroatoms. The van der Waals surface area contributed by atoms with E-state index in [-0.39, 0.29) is 12.1 Å². The molecule has 4 rings (SSSR count). The Morgan fingerprint density at radius 1 is 0.852 bits per heavy atom. The zero-order valence-electron chi connectivity index (χ0n) is 16.5. The first-order chi connectivity index (χ1) is 13.0.